The van der Waals surface area contributed by atoms with Gasteiger partial charge in [0.05, 0.1) is 22.9 Å². The highest BCUT2D eigenvalue weighted by Gasteiger charge is 2.12. The normalized spacial score (nSPS) is 12.2. The van der Waals surface area contributed by atoms with E-state index in [2.05, 4.69) is 16.6 Å². The van der Waals surface area contributed by atoms with Gasteiger partial charge in [-0.1, -0.05) is 30.4 Å². The molecule has 0 saturated carbocycles. The number of nitro groups is 1. The molecule has 0 unspecified atom stereocenters. The van der Waals surface area contributed by atoms with Gasteiger partial charge < -0.3 is 0 Å². The van der Waals surface area contributed by atoms with Crippen molar-refractivity contribution in [2.24, 2.45) is 10.1 Å². The molecule has 142 valence electrons. The van der Waals surface area contributed by atoms with Crippen molar-refractivity contribution in [3.05, 3.63) is 86.8 Å². The maximum Gasteiger partial charge on any atom is 0.270 e. The molecule has 0 bridgehead atoms. The first-order valence-corrected chi connectivity index (χ1v) is 9.40. The van der Waals surface area contributed by atoms with Crippen LogP contribution in [0.1, 0.15) is 19.4 Å². The number of hydrogen-bond acceptors (Lipinski definition) is 6. The maximum absolute atomic E-state index is 11.2. The van der Waals surface area contributed by atoms with Gasteiger partial charge in [-0.15, -0.1) is 11.3 Å². The molecule has 0 aliphatic heterocycles. The van der Waals surface area contributed by atoms with E-state index in [1.165, 1.54) is 23.5 Å². The summed E-state index contributed by atoms with van der Waals surface area (Å²) >= 11 is 1.43. The lowest BCUT2D eigenvalue weighted by Crippen LogP contribution is -2.15. The topological polar surface area (TPSA) is 85.7 Å². The highest BCUT2D eigenvalue weighted by Crippen LogP contribution is 2.24. The summed E-state index contributed by atoms with van der Waals surface area (Å²) in [6.45, 7) is 8.17. The SMILES string of the molecule is C=C(C)CN=c1scc(-c2cccc([N+](=O)[O-])c2)n1N=C(C)c1cccnc1. The smallest absolute Gasteiger partial charge is 0.264 e. The molecule has 0 fully saturated rings. The molecule has 0 amide bonds. The van der Waals surface area contributed by atoms with E-state index in [1.54, 1.807) is 23.1 Å². The second-order valence-corrected chi connectivity index (χ2v) is 7.06. The van der Waals surface area contributed by atoms with Gasteiger partial charge in [-0.3, -0.25) is 20.1 Å². The van der Waals surface area contributed by atoms with Crippen LogP contribution >= 0.6 is 11.3 Å². The quantitative estimate of drug-likeness (QED) is 0.271. The first kappa shape index (κ1) is 19.4. The standard InChI is InChI=1S/C20H19N5O2S/c1-14(2)11-22-20-24(23-15(3)17-7-5-9-21-12-17)19(13-28-20)16-6-4-8-18(10-16)25(26)27/h4-10,12-13H,1,11H2,2-3H3. The lowest BCUT2D eigenvalue weighted by Gasteiger charge is -2.06. The fourth-order valence-electron chi connectivity index (χ4n) is 2.47. The first-order valence-electron chi connectivity index (χ1n) is 8.52. The van der Waals surface area contributed by atoms with Crippen molar-refractivity contribution in [2.75, 3.05) is 6.54 Å². The molecule has 0 radical (unpaired) electrons. The van der Waals surface area contributed by atoms with E-state index in [0.29, 0.717) is 16.9 Å². The molecule has 3 rings (SSSR count). The summed E-state index contributed by atoms with van der Waals surface area (Å²) in [6.07, 6.45) is 3.44. The van der Waals surface area contributed by atoms with Gasteiger partial charge in [0.25, 0.3) is 5.69 Å². The molecule has 2 aromatic heterocycles. The Balaban J connectivity index is 2.16. The van der Waals surface area contributed by atoms with Crippen molar-refractivity contribution in [1.29, 1.82) is 0 Å². The molecule has 8 heteroatoms. The summed E-state index contributed by atoms with van der Waals surface area (Å²) in [4.78, 5) is 20.1. The number of nitrogens with zero attached hydrogens (tertiary/aromatic N) is 5. The van der Waals surface area contributed by atoms with E-state index in [1.807, 2.05) is 37.4 Å². The Bertz CT molecular complexity index is 1110. The maximum atomic E-state index is 11.2. The summed E-state index contributed by atoms with van der Waals surface area (Å²) in [5, 5.41) is 17.8. The Morgan fingerprint density at radius 3 is 2.82 bits per heavy atom. The van der Waals surface area contributed by atoms with Crippen LogP contribution in [0.5, 0.6) is 0 Å². The average Bonchev–Trinajstić information content (AvgIpc) is 3.09. The van der Waals surface area contributed by atoms with E-state index in [0.717, 1.165) is 22.5 Å². The molecule has 0 aliphatic rings. The van der Waals surface area contributed by atoms with Crippen LogP contribution in [0.4, 0.5) is 5.69 Å². The van der Waals surface area contributed by atoms with Gasteiger partial charge in [0.2, 0.25) is 4.80 Å². The fraction of sp³-hybridized carbons (Fsp3) is 0.150. The van der Waals surface area contributed by atoms with E-state index in [9.17, 15) is 10.1 Å². The van der Waals surface area contributed by atoms with Crippen molar-refractivity contribution in [3.63, 3.8) is 0 Å². The number of rotatable bonds is 6. The molecule has 0 saturated heterocycles. The molecule has 2 heterocycles. The zero-order valence-electron chi connectivity index (χ0n) is 15.6. The average molecular weight is 393 g/mol. The Kier molecular flexibility index (Phi) is 5.90. The fourth-order valence-corrected chi connectivity index (χ4v) is 3.30. The van der Waals surface area contributed by atoms with Crippen molar-refractivity contribution in [3.8, 4) is 11.3 Å². The summed E-state index contributed by atoms with van der Waals surface area (Å²) < 4.78 is 1.72. The Labute approximate surface area is 166 Å². The number of benzene rings is 1. The summed E-state index contributed by atoms with van der Waals surface area (Å²) in [5.41, 5.74) is 4.04. The number of nitro benzene ring substituents is 1. The monoisotopic (exact) mass is 393 g/mol. The van der Waals surface area contributed by atoms with Crippen LogP contribution in [0.3, 0.4) is 0 Å². The van der Waals surface area contributed by atoms with Crippen molar-refractivity contribution < 1.29 is 4.92 Å². The van der Waals surface area contributed by atoms with Crippen LogP contribution in [-0.2, 0) is 0 Å². The Morgan fingerprint density at radius 1 is 1.32 bits per heavy atom. The largest absolute Gasteiger partial charge is 0.270 e. The van der Waals surface area contributed by atoms with Crippen LogP contribution in [0.25, 0.3) is 11.3 Å². The molecule has 0 aliphatic carbocycles. The number of thiazole rings is 1. The molecule has 0 atom stereocenters. The van der Waals surface area contributed by atoms with Crippen LogP contribution < -0.4 is 4.80 Å². The van der Waals surface area contributed by atoms with Crippen molar-refractivity contribution >= 4 is 22.7 Å². The second-order valence-electron chi connectivity index (χ2n) is 6.22. The van der Waals surface area contributed by atoms with Gasteiger partial charge in [-0.2, -0.15) is 5.10 Å². The van der Waals surface area contributed by atoms with Crippen LogP contribution in [0.2, 0.25) is 0 Å². The van der Waals surface area contributed by atoms with Crippen molar-refractivity contribution in [2.45, 2.75) is 13.8 Å². The number of non-ortho nitro benzene ring substituents is 1. The van der Waals surface area contributed by atoms with Gasteiger partial charge in [-0.25, -0.2) is 4.68 Å². The molecule has 0 spiro atoms. The second kappa shape index (κ2) is 8.53. The van der Waals surface area contributed by atoms with Gasteiger partial charge in [0.1, 0.15) is 0 Å². The number of pyridine rings is 1. The van der Waals surface area contributed by atoms with Crippen LogP contribution in [0, 0.1) is 10.1 Å². The Morgan fingerprint density at radius 2 is 2.14 bits per heavy atom. The number of hydrogen-bond donors (Lipinski definition) is 0. The third-order valence-electron chi connectivity index (χ3n) is 3.85. The highest BCUT2D eigenvalue weighted by molar-refractivity contribution is 7.07. The van der Waals surface area contributed by atoms with Crippen LogP contribution in [-0.4, -0.2) is 26.8 Å². The number of aromatic nitrogens is 2. The van der Waals surface area contributed by atoms with E-state index < -0.39 is 4.92 Å². The molecule has 1 aromatic carbocycles. The summed E-state index contributed by atoms with van der Waals surface area (Å²) in [5.74, 6) is 0. The molecule has 28 heavy (non-hydrogen) atoms. The highest BCUT2D eigenvalue weighted by atomic mass is 32.1. The summed E-state index contributed by atoms with van der Waals surface area (Å²) in [6, 6.07) is 10.3. The zero-order valence-corrected chi connectivity index (χ0v) is 16.4. The minimum atomic E-state index is -0.406. The van der Waals surface area contributed by atoms with Gasteiger partial charge in [0, 0.05) is 41.0 Å². The molecular formula is C20H19N5O2S. The third-order valence-corrected chi connectivity index (χ3v) is 4.71. The van der Waals surface area contributed by atoms with Gasteiger partial charge in [-0.05, 0) is 19.9 Å². The molecule has 0 N–H and O–H groups in total. The van der Waals surface area contributed by atoms with Gasteiger partial charge in [0.15, 0.2) is 0 Å². The van der Waals surface area contributed by atoms with E-state index in [4.69, 9.17) is 5.10 Å². The third kappa shape index (κ3) is 4.47. The predicted octanol–water partition coefficient (Wildman–Crippen LogP) is 4.27. The lowest BCUT2D eigenvalue weighted by atomic mass is 10.1. The molecular weight excluding hydrogens is 374 g/mol. The minimum absolute atomic E-state index is 0.0311. The lowest BCUT2D eigenvalue weighted by molar-refractivity contribution is -0.384. The van der Waals surface area contributed by atoms with Crippen LogP contribution in [0.15, 0.2) is 76.4 Å². The summed E-state index contributed by atoms with van der Waals surface area (Å²) in [7, 11) is 0. The van der Waals surface area contributed by atoms with Gasteiger partial charge >= 0.3 is 0 Å². The molecule has 3 aromatic rings. The van der Waals surface area contributed by atoms with E-state index >= 15 is 0 Å². The van der Waals surface area contributed by atoms with Crippen molar-refractivity contribution in [1.82, 2.24) is 9.66 Å². The Hall–Kier alpha value is -3.39. The first-order chi connectivity index (χ1) is 13.5. The van der Waals surface area contributed by atoms with E-state index in [-0.39, 0.29) is 5.69 Å². The zero-order chi connectivity index (χ0) is 20.1. The minimum Gasteiger partial charge on any atom is -0.264 e. The molecule has 7 nitrogen and oxygen atoms in total. The predicted molar refractivity (Wildman–Crippen MR) is 111 cm³/mol.